The van der Waals surface area contributed by atoms with Gasteiger partial charge in [0.1, 0.15) is 23.0 Å². The van der Waals surface area contributed by atoms with Crippen LogP contribution in [0.2, 0.25) is 0 Å². The number of pyridine rings is 1. The first-order valence-corrected chi connectivity index (χ1v) is 8.32. The maximum atomic E-state index is 5.63. The fourth-order valence-corrected chi connectivity index (χ4v) is 2.51. The van der Waals surface area contributed by atoms with E-state index >= 15 is 0 Å². The molecule has 3 heterocycles. The second-order valence-corrected chi connectivity index (χ2v) is 5.86. The van der Waals surface area contributed by atoms with Gasteiger partial charge in [-0.2, -0.15) is 0 Å². The minimum absolute atomic E-state index is 0.382. The van der Waals surface area contributed by atoms with Gasteiger partial charge < -0.3 is 11.5 Å². The summed E-state index contributed by atoms with van der Waals surface area (Å²) in [5.74, 6) is 0.764. The molecule has 3 aromatic rings. The number of aromatic nitrogens is 5. The van der Waals surface area contributed by atoms with E-state index in [-0.39, 0.29) is 0 Å². The third-order valence-electron chi connectivity index (χ3n) is 3.82. The maximum Gasteiger partial charge on any atom is 0.141 e. The Morgan fingerprint density at radius 3 is 1.72 bits per heavy atom. The smallest absolute Gasteiger partial charge is 0.141 e. The van der Waals surface area contributed by atoms with Crippen LogP contribution in [0.3, 0.4) is 0 Å². The van der Waals surface area contributed by atoms with E-state index in [1.807, 2.05) is 12.1 Å². The topological polar surface area (TPSA) is 116 Å². The first-order chi connectivity index (χ1) is 12.2. The molecule has 7 nitrogen and oxygen atoms in total. The van der Waals surface area contributed by atoms with Gasteiger partial charge in [0.2, 0.25) is 0 Å². The third kappa shape index (κ3) is 4.26. The van der Waals surface area contributed by atoms with Gasteiger partial charge in [0.05, 0.1) is 36.2 Å². The van der Waals surface area contributed by atoms with Crippen LogP contribution in [0.5, 0.6) is 0 Å². The highest BCUT2D eigenvalue weighted by Crippen LogP contribution is 2.23. The molecule has 0 bridgehead atoms. The SMILES string of the molecule is CCCCCc1cc(-c2cnc(N)cn2)nc(-c2cnc(N)cn2)c1. The van der Waals surface area contributed by atoms with E-state index in [9.17, 15) is 0 Å². The molecule has 0 aliphatic carbocycles. The van der Waals surface area contributed by atoms with Gasteiger partial charge in [-0.25, -0.2) is 24.9 Å². The number of aryl methyl sites for hydroxylation is 1. The Morgan fingerprint density at radius 1 is 0.720 bits per heavy atom. The van der Waals surface area contributed by atoms with Gasteiger partial charge in [0.25, 0.3) is 0 Å². The first-order valence-electron chi connectivity index (χ1n) is 8.32. The van der Waals surface area contributed by atoms with E-state index in [1.165, 1.54) is 30.8 Å². The zero-order chi connectivity index (χ0) is 17.6. The Balaban J connectivity index is 2.01. The van der Waals surface area contributed by atoms with Crippen LogP contribution < -0.4 is 11.5 Å². The maximum absolute atomic E-state index is 5.63. The molecule has 25 heavy (non-hydrogen) atoms. The van der Waals surface area contributed by atoms with Crippen molar-refractivity contribution in [2.75, 3.05) is 11.5 Å². The van der Waals surface area contributed by atoms with Gasteiger partial charge in [-0.3, -0.25) is 0 Å². The number of hydrogen-bond acceptors (Lipinski definition) is 7. The van der Waals surface area contributed by atoms with Crippen LogP contribution in [-0.4, -0.2) is 24.9 Å². The molecule has 0 aromatic carbocycles. The van der Waals surface area contributed by atoms with Crippen molar-refractivity contribution in [2.24, 2.45) is 0 Å². The number of unbranched alkanes of at least 4 members (excludes halogenated alkanes) is 2. The summed E-state index contributed by atoms with van der Waals surface area (Å²) >= 11 is 0. The highest BCUT2D eigenvalue weighted by atomic mass is 14.9. The van der Waals surface area contributed by atoms with Crippen molar-refractivity contribution in [3.05, 3.63) is 42.5 Å². The van der Waals surface area contributed by atoms with Crippen LogP contribution in [0.15, 0.2) is 36.9 Å². The zero-order valence-electron chi connectivity index (χ0n) is 14.2. The molecule has 0 radical (unpaired) electrons. The summed E-state index contributed by atoms with van der Waals surface area (Å²) in [6.45, 7) is 2.19. The number of anilines is 2. The minimum Gasteiger partial charge on any atom is -0.382 e. The molecular formula is C18H21N7. The monoisotopic (exact) mass is 335 g/mol. The van der Waals surface area contributed by atoms with Crippen molar-refractivity contribution < 1.29 is 0 Å². The number of hydrogen-bond donors (Lipinski definition) is 2. The van der Waals surface area contributed by atoms with Gasteiger partial charge in [0.15, 0.2) is 0 Å². The molecule has 0 fully saturated rings. The number of rotatable bonds is 6. The second-order valence-electron chi connectivity index (χ2n) is 5.86. The summed E-state index contributed by atoms with van der Waals surface area (Å²) < 4.78 is 0. The van der Waals surface area contributed by atoms with E-state index < -0.39 is 0 Å². The normalized spacial score (nSPS) is 10.8. The van der Waals surface area contributed by atoms with Crippen LogP contribution in [-0.2, 0) is 6.42 Å². The Bertz CT molecular complexity index is 765. The lowest BCUT2D eigenvalue weighted by Crippen LogP contribution is -1.99. The average molecular weight is 335 g/mol. The Morgan fingerprint density at radius 2 is 1.28 bits per heavy atom. The van der Waals surface area contributed by atoms with E-state index in [4.69, 9.17) is 11.5 Å². The van der Waals surface area contributed by atoms with Crippen molar-refractivity contribution in [3.63, 3.8) is 0 Å². The number of nitrogens with two attached hydrogens (primary N) is 2. The summed E-state index contributed by atoms with van der Waals surface area (Å²) in [6, 6.07) is 4.09. The fraction of sp³-hybridized carbons (Fsp3) is 0.278. The van der Waals surface area contributed by atoms with Crippen LogP contribution >= 0.6 is 0 Å². The molecule has 0 saturated heterocycles. The number of nitrogens with zero attached hydrogens (tertiary/aromatic N) is 5. The molecule has 3 aromatic heterocycles. The Hall–Kier alpha value is -3.09. The van der Waals surface area contributed by atoms with Gasteiger partial charge in [0, 0.05) is 0 Å². The van der Waals surface area contributed by atoms with Crippen LogP contribution in [0, 0.1) is 0 Å². The lowest BCUT2D eigenvalue weighted by molar-refractivity contribution is 0.717. The van der Waals surface area contributed by atoms with Crippen LogP contribution in [0.1, 0.15) is 31.7 Å². The number of nitrogen functional groups attached to an aromatic ring is 2. The van der Waals surface area contributed by atoms with Gasteiger partial charge >= 0.3 is 0 Å². The highest BCUT2D eigenvalue weighted by Gasteiger charge is 2.10. The lowest BCUT2D eigenvalue weighted by atomic mass is 10.0. The van der Waals surface area contributed by atoms with Crippen molar-refractivity contribution in [3.8, 4) is 22.8 Å². The molecule has 128 valence electrons. The van der Waals surface area contributed by atoms with Crippen molar-refractivity contribution in [2.45, 2.75) is 32.6 Å². The molecule has 0 aliphatic heterocycles. The van der Waals surface area contributed by atoms with Crippen LogP contribution in [0.4, 0.5) is 11.6 Å². The van der Waals surface area contributed by atoms with Gasteiger partial charge in [-0.1, -0.05) is 19.8 Å². The van der Waals surface area contributed by atoms with E-state index in [0.717, 1.165) is 24.2 Å². The minimum atomic E-state index is 0.382. The highest BCUT2D eigenvalue weighted by molar-refractivity contribution is 5.63. The van der Waals surface area contributed by atoms with Crippen molar-refractivity contribution in [1.82, 2.24) is 24.9 Å². The van der Waals surface area contributed by atoms with E-state index in [2.05, 4.69) is 31.8 Å². The Labute approximate surface area is 146 Å². The predicted octanol–water partition coefficient (Wildman–Crippen LogP) is 2.89. The van der Waals surface area contributed by atoms with Gasteiger partial charge in [-0.15, -0.1) is 0 Å². The molecule has 0 unspecified atom stereocenters. The summed E-state index contributed by atoms with van der Waals surface area (Å²) in [6.07, 6.45) is 10.8. The Kier molecular flexibility index (Phi) is 5.13. The molecule has 0 amide bonds. The average Bonchev–Trinajstić information content (AvgIpc) is 2.63. The lowest BCUT2D eigenvalue weighted by Gasteiger charge is -2.09. The van der Waals surface area contributed by atoms with Crippen LogP contribution in [0.25, 0.3) is 22.8 Å². The van der Waals surface area contributed by atoms with Crippen molar-refractivity contribution in [1.29, 1.82) is 0 Å². The zero-order valence-corrected chi connectivity index (χ0v) is 14.2. The molecule has 0 spiro atoms. The predicted molar refractivity (Wildman–Crippen MR) is 98.3 cm³/mol. The standard InChI is InChI=1S/C18H21N7/c1-2-3-4-5-12-6-13(15-8-23-17(19)10-21-15)25-14(7-12)16-9-24-18(20)11-22-16/h6-11H,2-5H2,1H3,(H2,19,23)(H2,20,24). The molecule has 3 rings (SSSR count). The largest absolute Gasteiger partial charge is 0.382 e. The molecule has 0 atom stereocenters. The van der Waals surface area contributed by atoms with E-state index in [1.54, 1.807) is 12.4 Å². The van der Waals surface area contributed by atoms with E-state index in [0.29, 0.717) is 23.0 Å². The third-order valence-corrected chi connectivity index (χ3v) is 3.82. The van der Waals surface area contributed by atoms with Gasteiger partial charge in [-0.05, 0) is 30.5 Å². The van der Waals surface area contributed by atoms with Crippen molar-refractivity contribution >= 4 is 11.6 Å². The quantitative estimate of drug-likeness (QED) is 0.665. The molecule has 4 N–H and O–H groups in total. The fourth-order valence-electron chi connectivity index (χ4n) is 2.51. The first kappa shape index (κ1) is 16.8. The molecule has 0 aliphatic rings. The summed E-state index contributed by atoms with van der Waals surface area (Å²) in [7, 11) is 0. The summed E-state index contributed by atoms with van der Waals surface area (Å²) in [4.78, 5) is 21.5. The summed E-state index contributed by atoms with van der Waals surface area (Å²) in [5, 5.41) is 0. The molecule has 7 heteroatoms. The molecule has 0 saturated carbocycles. The second kappa shape index (κ2) is 7.65. The summed E-state index contributed by atoms with van der Waals surface area (Å²) in [5.41, 5.74) is 15.3. The molecular weight excluding hydrogens is 314 g/mol.